The van der Waals surface area contributed by atoms with Crippen LogP contribution in [0.3, 0.4) is 0 Å². The zero-order chi connectivity index (χ0) is 28.4. The van der Waals surface area contributed by atoms with Crippen LogP contribution < -0.4 is 33.3 Å². The van der Waals surface area contributed by atoms with Gasteiger partial charge in [0.1, 0.15) is 23.9 Å². The van der Waals surface area contributed by atoms with Gasteiger partial charge < -0.3 is 29.0 Å². The molecular formula is C25H23F3N2O8S. The lowest BCUT2D eigenvalue weighted by Crippen LogP contribution is -2.38. The second-order valence-corrected chi connectivity index (χ2v) is 10.1. The first kappa shape index (κ1) is 27.7. The number of carbonyl (C=O) groups excluding carboxylic acids is 1. The van der Waals surface area contributed by atoms with Gasteiger partial charge in [0.05, 0.1) is 19.9 Å². The molecule has 0 saturated heterocycles. The van der Waals surface area contributed by atoms with Gasteiger partial charge in [0.2, 0.25) is 6.79 Å². The number of methoxy groups -OCH3 is 2. The molecular weight excluding hydrogens is 545 g/mol. The van der Waals surface area contributed by atoms with Crippen molar-refractivity contribution >= 4 is 27.3 Å². The summed E-state index contributed by atoms with van der Waals surface area (Å²) in [5.74, 6) is 0.926. The van der Waals surface area contributed by atoms with Gasteiger partial charge in [0, 0.05) is 29.9 Å². The minimum atomic E-state index is -5.75. The van der Waals surface area contributed by atoms with E-state index in [1.807, 2.05) is 0 Å². The summed E-state index contributed by atoms with van der Waals surface area (Å²) in [6.07, 6.45) is 0. The molecule has 0 aliphatic carbocycles. The molecule has 0 radical (unpaired) electrons. The van der Waals surface area contributed by atoms with Crippen molar-refractivity contribution in [3.63, 3.8) is 0 Å². The van der Waals surface area contributed by atoms with Crippen LogP contribution in [0.5, 0.6) is 28.7 Å². The molecule has 3 aromatic carbocycles. The van der Waals surface area contributed by atoms with Crippen molar-refractivity contribution in [1.29, 1.82) is 0 Å². The lowest BCUT2D eigenvalue weighted by Gasteiger charge is -2.24. The highest BCUT2D eigenvalue weighted by Crippen LogP contribution is 2.38. The average molecular weight is 569 g/mol. The van der Waals surface area contributed by atoms with Crippen LogP contribution in [-0.2, 0) is 16.6 Å². The molecule has 1 amide bonds. The lowest BCUT2D eigenvalue weighted by molar-refractivity contribution is -0.0437. The van der Waals surface area contributed by atoms with E-state index in [4.69, 9.17) is 23.7 Å². The molecule has 1 N–H and O–H groups in total. The van der Waals surface area contributed by atoms with E-state index in [1.165, 1.54) is 38.5 Å². The van der Waals surface area contributed by atoms with Crippen LogP contribution in [0, 0.1) is 0 Å². The minimum absolute atomic E-state index is 0.0228. The van der Waals surface area contributed by atoms with E-state index >= 15 is 0 Å². The fraction of sp³-hybridized carbons (Fsp3) is 0.240. The first-order chi connectivity index (χ1) is 18.4. The van der Waals surface area contributed by atoms with E-state index in [2.05, 4.69) is 5.32 Å². The summed E-state index contributed by atoms with van der Waals surface area (Å²) in [7, 11) is -2.12. The number of fused-ring (bicyclic) bond motifs is 1. The van der Waals surface area contributed by atoms with Crippen LogP contribution in [0.2, 0.25) is 0 Å². The molecule has 0 fully saturated rings. The number of nitrogens with zero attached hydrogens (tertiary/aromatic N) is 1. The Balaban J connectivity index is 1.67. The summed E-state index contributed by atoms with van der Waals surface area (Å²) < 4.78 is 91.0. The Morgan fingerprint density at radius 2 is 1.72 bits per heavy atom. The van der Waals surface area contributed by atoms with Gasteiger partial charge in [-0.05, 0) is 48.5 Å². The Bertz CT molecular complexity index is 1500. The number of alkyl halides is 3. The van der Waals surface area contributed by atoms with E-state index in [1.54, 1.807) is 24.3 Å². The number of carbonyl (C=O) groups is 1. The lowest BCUT2D eigenvalue weighted by atomic mass is 10.1. The molecule has 0 aromatic heterocycles. The van der Waals surface area contributed by atoms with Crippen LogP contribution in [0.4, 0.5) is 24.5 Å². The number of sulfonamides is 1. The molecule has 1 aliphatic heterocycles. The van der Waals surface area contributed by atoms with Gasteiger partial charge >= 0.3 is 15.5 Å². The third-order valence-corrected chi connectivity index (χ3v) is 7.22. The Morgan fingerprint density at radius 3 is 2.41 bits per heavy atom. The number of ether oxygens (including phenoxy) is 5. The van der Waals surface area contributed by atoms with Crippen molar-refractivity contribution in [2.45, 2.75) is 12.1 Å². The Labute approximate surface area is 221 Å². The minimum Gasteiger partial charge on any atom is -0.497 e. The van der Waals surface area contributed by atoms with Crippen LogP contribution in [-0.4, -0.2) is 47.9 Å². The van der Waals surface area contributed by atoms with Gasteiger partial charge in [-0.3, -0.25) is 9.10 Å². The molecule has 14 heteroatoms. The molecule has 0 atom stereocenters. The quantitative estimate of drug-likeness (QED) is 0.400. The fourth-order valence-corrected chi connectivity index (χ4v) is 4.36. The average Bonchev–Trinajstić information content (AvgIpc) is 3.38. The van der Waals surface area contributed by atoms with E-state index < -0.39 is 27.1 Å². The molecule has 0 unspecified atom stereocenters. The largest absolute Gasteiger partial charge is 0.516 e. The SMILES string of the molecule is COc1ccc(OC)c(COc2cc(NC(=O)c3ccc4c(c3)OCO4)ccc2N(C)S(=O)(=O)C(F)(F)F)c1. The maximum absolute atomic E-state index is 13.3. The molecule has 0 bridgehead atoms. The van der Waals surface area contributed by atoms with Crippen molar-refractivity contribution in [2.75, 3.05) is 37.7 Å². The summed E-state index contributed by atoms with van der Waals surface area (Å²) in [4.78, 5) is 12.8. The predicted octanol–water partition coefficient (Wildman–Crippen LogP) is 4.55. The molecule has 1 aliphatic rings. The number of nitrogens with one attached hydrogen (secondary N) is 1. The summed E-state index contributed by atoms with van der Waals surface area (Å²) in [6, 6.07) is 13.0. The van der Waals surface area contributed by atoms with E-state index in [-0.39, 0.29) is 34.7 Å². The Hall–Kier alpha value is -4.33. The number of halogens is 3. The zero-order valence-corrected chi connectivity index (χ0v) is 21.7. The van der Waals surface area contributed by atoms with Crippen molar-refractivity contribution in [2.24, 2.45) is 0 Å². The fourth-order valence-electron chi connectivity index (χ4n) is 3.64. The van der Waals surface area contributed by atoms with E-state index in [0.29, 0.717) is 28.6 Å². The second kappa shape index (κ2) is 10.8. The smallest absolute Gasteiger partial charge is 0.497 e. The summed E-state index contributed by atoms with van der Waals surface area (Å²) in [5, 5.41) is 2.61. The number of anilines is 2. The Kier molecular flexibility index (Phi) is 7.67. The van der Waals surface area contributed by atoms with Crippen LogP contribution >= 0.6 is 0 Å². The summed E-state index contributed by atoms with van der Waals surface area (Å²) >= 11 is 0. The molecule has 4 rings (SSSR count). The third-order valence-electron chi connectivity index (χ3n) is 5.72. The standard InChI is InChI=1S/C25H23F3N2O8S/c1-30(39(32,33)25(26,27)28)19-7-5-17(29-24(31)15-4-8-21-23(11-15)38-14-37-21)12-22(19)36-13-16-10-18(34-2)6-9-20(16)35-3/h4-12H,13-14H2,1-3H3,(H,29,31). The van der Waals surface area contributed by atoms with Crippen LogP contribution in [0.1, 0.15) is 15.9 Å². The molecule has 0 saturated carbocycles. The Morgan fingerprint density at radius 1 is 0.974 bits per heavy atom. The predicted molar refractivity (Wildman–Crippen MR) is 134 cm³/mol. The molecule has 0 spiro atoms. The monoisotopic (exact) mass is 568 g/mol. The molecule has 10 nitrogen and oxygen atoms in total. The van der Waals surface area contributed by atoms with E-state index in [0.717, 1.165) is 13.1 Å². The number of hydrogen-bond donors (Lipinski definition) is 1. The highest BCUT2D eigenvalue weighted by atomic mass is 32.2. The first-order valence-corrected chi connectivity index (χ1v) is 12.6. The van der Waals surface area contributed by atoms with Gasteiger partial charge in [-0.2, -0.15) is 21.6 Å². The number of hydrogen-bond acceptors (Lipinski definition) is 8. The maximum atomic E-state index is 13.3. The van der Waals surface area contributed by atoms with Crippen molar-refractivity contribution in [3.05, 3.63) is 65.7 Å². The third kappa shape index (κ3) is 5.74. The molecule has 208 valence electrons. The van der Waals surface area contributed by atoms with Gasteiger partial charge in [0.15, 0.2) is 11.5 Å². The first-order valence-electron chi connectivity index (χ1n) is 11.2. The summed E-state index contributed by atoms with van der Waals surface area (Å²) in [5.41, 5.74) is -5.13. The maximum Gasteiger partial charge on any atom is 0.516 e. The van der Waals surface area contributed by atoms with Gasteiger partial charge in [-0.15, -0.1) is 0 Å². The van der Waals surface area contributed by atoms with Gasteiger partial charge in [-0.25, -0.2) is 0 Å². The number of rotatable bonds is 9. The topological polar surface area (TPSA) is 113 Å². The molecule has 1 heterocycles. The highest BCUT2D eigenvalue weighted by Gasteiger charge is 2.49. The highest BCUT2D eigenvalue weighted by molar-refractivity contribution is 7.93. The number of amides is 1. The van der Waals surface area contributed by atoms with Gasteiger partial charge in [-0.1, -0.05) is 0 Å². The van der Waals surface area contributed by atoms with Crippen LogP contribution in [0.15, 0.2) is 54.6 Å². The van der Waals surface area contributed by atoms with E-state index in [9.17, 15) is 26.4 Å². The number of benzene rings is 3. The zero-order valence-electron chi connectivity index (χ0n) is 20.9. The van der Waals surface area contributed by atoms with Crippen molar-refractivity contribution in [1.82, 2.24) is 0 Å². The summed E-state index contributed by atoms with van der Waals surface area (Å²) in [6.45, 7) is -0.207. The normalized spacial score (nSPS) is 12.6. The van der Waals surface area contributed by atoms with Crippen LogP contribution in [0.25, 0.3) is 0 Å². The van der Waals surface area contributed by atoms with Gasteiger partial charge in [0.25, 0.3) is 5.91 Å². The molecule has 3 aromatic rings. The molecule has 39 heavy (non-hydrogen) atoms. The second-order valence-electron chi connectivity index (χ2n) is 8.09. The van der Waals surface area contributed by atoms with Crippen molar-refractivity contribution in [3.8, 4) is 28.7 Å². The van der Waals surface area contributed by atoms with Crippen molar-refractivity contribution < 1.29 is 50.1 Å².